The van der Waals surface area contributed by atoms with E-state index in [1.54, 1.807) is 0 Å². The zero-order valence-corrected chi connectivity index (χ0v) is 4.67. The Morgan fingerprint density at radius 2 is 1.67 bits per heavy atom. The molecule has 1 aromatic carbocycles. The molecule has 0 unspecified atom stereocenters. The van der Waals surface area contributed by atoms with E-state index in [2.05, 4.69) is 6.58 Å². The lowest BCUT2D eigenvalue weighted by Crippen LogP contribution is -1.63. The fourth-order valence-electron chi connectivity index (χ4n) is 0.589. The molecule has 0 saturated heterocycles. The number of rotatable bonds is 1. The van der Waals surface area contributed by atoms with E-state index in [9.17, 15) is 0 Å². The van der Waals surface area contributed by atoms with Crippen molar-refractivity contribution in [1.82, 2.24) is 0 Å². The maximum absolute atomic E-state index is 3.63. The smallest absolute Gasteiger partial charge is 0.0263 e. The first-order valence-electron chi connectivity index (χ1n) is 2.61. The van der Waals surface area contributed by atoms with Gasteiger partial charge in [0, 0.05) is 0 Å². The molecule has 0 nitrogen and oxygen atoms in total. The summed E-state index contributed by atoms with van der Waals surface area (Å²) in [6, 6.07) is 10.0. The summed E-state index contributed by atoms with van der Waals surface area (Å²) < 4.78 is 0. The van der Waals surface area contributed by atoms with Gasteiger partial charge in [0.15, 0.2) is 0 Å². The first-order chi connectivity index (χ1) is 3.93. The fourth-order valence-corrected chi connectivity index (χ4v) is 0.589. The second kappa shape index (κ2) is 3.90. The summed E-state index contributed by atoms with van der Waals surface area (Å²) in [5, 5.41) is 0. The summed E-state index contributed by atoms with van der Waals surface area (Å²) in [7, 11) is 0. The Morgan fingerprint density at radius 1 is 1.11 bits per heavy atom. The Bertz CT molecular complexity index is 163. The Kier molecular flexibility index (Phi) is 3.45. The van der Waals surface area contributed by atoms with Crippen molar-refractivity contribution in [2.45, 2.75) is 7.43 Å². The van der Waals surface area contributed by atoms with Crippen LogP contribution in [-0.4, -0.2) is 0 Å². The van der Waals surface area contributed by atoms with Crippen LogP contribution in [0.15, 0.2) is 36.9 Å². The van der Waals surface area contributed by atoms with Gasteiger partial charge in [-0.1, -0.05) is 50.4 Å². The molecule has 0 bridgehead atoms. The van der Waals surface area contributed by atoms with Crippen molar-refractivity contribution >= 4 is 6.08 Å². The highest BCUT2D eigenvalue weighted by atomic mass is 13.8. The quantitative estimate of drug-likeness (QED) is 0.534. The molecule has 0 aliphatic rings. The van der Waals surface area contributed by atoms with Gasteiger partial charge in [0.1, 0.15) is 0 Å². The third-order valence-electron chi connectivity index (χ3n) is 1.04. The van der Waals surface area contributed by atoms with Crippen molar-refractivity contribution in [3.8, 4) is 0 Å². The molecule has 0 radical (unpaired) electrons. The average Bonchev–Trinajstić information content (AvgIpc) is 1.90. The molecule has 9 heavy (non-hydrogen) atoms. The summed E-state index contributed by atoms with van der Waals surface area (Å²) in [5.74, 6) is 0. The summed E-state index contributed by atoms with van der Waals surface area (Å²) in [6.07, 6.45) is 1.83. The molecule has 0 heteroatoms. The standard InChI is InChI=1S/C8H8.CH4/c1-2-8-6-4-3-5-7-8;/h2-7H,1H2;1H4. The molecule has 0 saturated carbocycles. The van der Waals surface area contributed by atoms with Crippen molar-refractivity contribution in [3.63, 3.8) is 0 Å². The largest absolute Gasteiger partial charge is 0.0985 e. The summed E-state index contributed by atoms with van der Waals surface area (Å²) in [5.41, 5.74) is 1.17. The van der Waals surface area contributed by atoms with Gasteiger partial charge in [-0.05, 0) is 5.56 Å². The highest BCUT2D eigenvalue weighted by Crippen LogP contribution is 1.97. The van der Waals surface area contributed by atoms with Crippen LogP contribution in [0.5, 0.6) is 0 Å². The van der Waals surface area contributed by atoms with E-state index in [0.29, 0.717) is 0 Å². The van der Waals surface area contributed by atoms with Gasteiger partial charge in [0.25, 0.3) is 0 Å². The van der Waals surface area contributed by atoms with E-state index in [1.165, 1.54) is 5.56 Å². The summed E-state index contributed by atoms with van der Waals surface area (Å²) >= 11 is 0. The monoisotopic (exact) mass is 120 g/mol. The van der Waals surface area contributed by atoms with Gasteiger partial charge >= 0.3 is 0 Å². The Morgan fingerprint density at radius 3 is 2.00 bits per heavy atom. The minimum Gasteiger partial charge on any atom is -0.0985 e. The predicted octanol–water partition coefficient (Wildman–Crippen LogP) is 2.97. The molecule has 1 rings (SSSR count). The normalized spacial score (nSPS) is 7.56. The summed E-state index contributed by atoms with van der Waals surface area (Å²) in [6.45, 7) is 3.63. The van der Waals surface area contributed by atoms with E-state index in [1.807, 2.05) is 36.4 Å². The zero-order chi connectivity index (χ0) is 5.82. The molecule has 0 aliphatic carbocycles. The SMILES string of the molecule is C.C=Cc1ccccc1. The second-order valence-corrected chi connectivity index (χ2v) is 1.61. The molecule has 0 atom stereocenters. The summed E-state index contributed by atoms with van der Waals surface area (Å²) in [4.78, 5) is 0. The Hall–Kier alpha value is -1.04. The first kappa shape index (κ1) is 7.96. The van der Waals surface area contributed by atoms with Gasteiger partial charge in [0.05, 0.1) is 0 Å². The third kappa shape index (κ3) is 2.13. The highest BCUT2D eigenvalue weighted by Gasteiger charge is 1.75. The molecule has 0 heterocycles. The van der Waals surface area contributed by atoms with Crippen LogP contribution in [0.3, 0.4) is 0 Å². The fraction of sp³-hybridized carbons (Fsp3) is 0.111. The lowest BCUT2D eigenvalue weighted by Gasteiger charge is -1.85. The number of benzene rings is 1. The Labute approximate surface area is 56.8 Å². The molecule has 1 aromatic rings. The first-order valence-corrected chi connectivity index (χ1v) is 2.61. The molecular weight excluding hydrogens is 108 g/mol. The maximum atomic E-state index is 3.63. The van der Waals surface area contributed by atoms with Crippen LogP contribution in [0.2, 0.25) is 0 Å². The number of hydrogen-bond acceptors (Lipinski definition) is 0. The Balaban J connectivity index is 0.000000640. The molecular formula is C9H12. The van der Waals surface area contributed by atoms with Crippen molar-refractivity contribution in [2.24, 2.45) is 0 Å². The van der Waals surface area contributed by atoms with E-state index in [0.717, 1.165) is 0 Å². The molecule has 0 fully saturated rings. The van der Waals surface area contributed by atoms with E-state index in [4.69, 9.17) is 0 Å². The van der Waals surface area contributed by atoms with Gasteiger partial charge in [-0.15, -0.1) is 0 Å². The molecule has 0 aliphatic heterocycles. The van der Waals surface area contributed by atoms with E-state index >= 15 is 0 Å². The lowest BCUT2D eigenvalue weighted by atomic mass is 10.2. The van der Waals surface area contributed by atoms with E-state index < -0.39 is 0 Å². The van der Waals surface area contributed by atoms with Gasteiger partial charge in [-0.2, -0.15) is 0 Å². The molecule has 0 N–H and O–H groups in total. The topological polar surface area (TPSA) is 0 Å². The second-order valence-electron chi connectivity index (χ2n) is 1.61. The van der Waals surface area contributed by atoms with E-state index in [-0.39, 0.29) is 7.43 Å². The maximum Gasteiger partial charge on any atom is -0.0263 e. The highest BCUT2D eigenvalue weighted by molar-refractivity contribution is 5.45. The molecule has 0 spiro atoms. The van der Waals surface area contributed by atoms with Crippen LogP contribution in [0, 0.1) is 0 Å². The van der Waals surface area contributed by atoms with Crippen LogP contribution in [-0.2, 0) is 0 Å². The number of hydrogen-bond donors (Lipinski definition) is 0. The predicted molar refractivity (Wildman–Crippen MR) is 43.3 cm³/mol. The van der Waals surface area contributed by atoms with Gasteiger partial charge in [0.2, 0.25) is 0 Å². The minimum atomic E-state index is 0. The van der Waals surface area contributed by atoms with Gasteiger partial charge in [-0.3, -0.25) is 0 Å². The van der Waals surface area contributed by atoms with Gasteiger partial charge in [-0.25, -0.2) is 0 Å². The van der Waals surface area contributed by atoms with Crippen LogP contribution >= 0.6 is 0 Å². The van der Waals surface area contributed by atoms with Crippen molar-refractivity contribution in [3.05, 3.63) is 42.5 Å². The molecule has 0 aromatic heterocycles. The van der Waals surface area contributed by atoms with Crippen LogP contribution in [0.25, 0.3) is 6.08 Å². The van der Waals surface area contributed by atoms with Crippen LogP contribution in [0.1, 0.15) is 13.0 Å². The molecule has 0 amide bonds. The average molecular weight is 120 g/mol. The van der Waals surface area contributed by atoms with Gasteiger partial charge < -0.3 is 0 Å². The lowest BCUT2D eigenvalue weighted by molar-refractivity contribution is 1.67. The zero-order valence-electron chi connectivity index (χ0n) is 4.67. The van der Waals surface area contributed by atoms with Crippen molar-refractivity contribution in [2.75, 3.05) is 0 Å². The van der Waals surface area contributed by atoms with Crippen LogP contribution < -0.4 is 0 Å². The molecule has 48 valence electrons. The van der Waals surface area contributed by atoms with Crippen molar-refractivity contribution in [1.29, 1.82) is 0 Å². The van der Waals surface area contributed by atoms with Crippen LogP contribution in [0.4, 0.5) is 0 Å². The van der Waals surface area contributed by atoms with Crippen molar-refractivity contribution < 1.29 is 0 Å². The third-order valence-corrected chi connectivity index (χ3v) is 1.04. The minimum absolute atomic E-state index is 0.